The van der Waals surface area contributed by atoms with Crippen LogP contribution >= 0.6 is 23.2 Å². The molecule has 90 valence electrons. The molecule has 0 unspecified atom stereocenters. The van der Waals surface area contributed by atoms with E-state index in [1.165, 1.54) is 6.20 Å². The Hall–Kier alpha value is -1.76. The largest absolute Gasteiger partial charge is 0.329 e. The van der Waals surface area contributed by atoms with Crippen LogP contribution in [0.4, 0.5) is 0 Å². The molecule has 2 aromatic rings. The van der Waals surface area contributed by atoms with Crippen LogP contribution in [-0.2, 0) is 6.42 Å². The van der Waals surface area contributed by atoms with Gasteiger partial charge in [-0.2, -0.15) is 5.26 Å². The normalized spacial score (nSPS) is 10.1. The quantitative estimate of drug-likeness (QED) is 0.915. The molecular formula is C13H8Cl2N2O. The predicted molar refractivity (Wildman–Crippen MR) is 71.8 cm³/mol. The monoisotopic (exact) mass is 278 g/mol. The fourth-order valence-corrected chi connectivity index (χ4v) is 2.12. The zero-order valence-electron chi connectivity index (χ0n) is 9.21. The molecule has 1 N–H and O–H groups in total. The second-order valence-corrected chi connectivity index (χ2v) is 4.51. The first-order valence-corrected chi connectivity index (χ1v) is 5.92. The number of pyridine rings is 1. The molecule has 0 bridgehead atoms. The standard InChI is InChI=1S/C13H8Cl2N2O/c14-9-1-2-11(15)10(7-9)12-8(3-5-16)4-6-17-13(12)18/h1-2,4,6-7H,3H2,(H,17,18). The molecule has 0 aliphatic rings. The van der Waals surface area contributed by atoms with Crippen molar-refractivity contribution in [1.82, 2.24) is 4.98 Å². The van der Waals surface area contributed by atoms with E-state index in [9.17, 15) is 4.79 Å². The van der Waals surface area contributed by atoms with Gasteiger partial charge in [-0.15, -0.1) is 0 Å². The van der Waals surface area contributed by atoms with Crippen molar-refractivity contribution in [3.05, 3.63) is 56.4 Å². The average molecular weight is 279 g/mol. The Labute approximate surface area is 114 Å². The highest BCUT2D eigenvalue weighted by molar-refractivity contribution is 6.35. The van der Waals surface area contributed by atoms with Crippen molar-refractivity contribution in [3.63, 3.8) is 0 Å². The van der Waals surface area contributed by atoms with Gasteiger partial charge in [0.2, 0.25) is 0 Å². The fraction of sp³-hybridized carbons (Fsp3) is 0.0769. The number of nitrogens with one attached hydrogen (secondary N) is 1. The summed E-state index contributed by atoms with van der Waals surface area (Å²) in [5.41, 5.74) is 1.28. The molecule has 0 aliphatic carbocycles. The zero-order chi connectivity index (χ0) is 13.1. The van der Waals surface area contributed by atoms with Gasteiger partial charge < -0.3 is 4.98 Å². The molecule has 0 spiro atoms. The van der Waals surface area contributed by atoms with Gasteiger partial charge in [-0.05, 0) is 29.8 Å². The lowest BCUT2D eigenvalue weighted by molar-refractivity contribution is 1.17. The molecule has 0 amide bonds. The maximum absolute atomic E-state index is 11.9. The number of nitriles is 1. The lowest BCUT2D eigenvalue weighted by atomic mass is 10.00. The number of halogens is 2. The van der Waals surface area contributed by atoms with Gasteiger partial charge in [-0.3, -0.25) is 4.79 Å². The van der Waals surface area contributed by atoms with Gasteiger partial charge in [0.25, 0.3) is 5.56 Å². The van der Waals surface area contributed by atoms with Crippen molar-refractivity contribution in [1.29, 1.82) is 5.26 Å². The molecule has 1 aromatic heterocycles. The summed E-state index contributed by atoms with van der Waals surface area (Å²) in [6, 6.07) is 8.61. The van der Waals surface area contributed by atoms with Crippen LogP contribution in [-0.4, -0.2) is 4.98 Å². The SMILES string of the molecule is N#CCc1cc[nH]c(=O)c1-c1cc(Cl)ccc1Cl. The van der Waals surface area contributed by atoms with E-state index in [1.54, 1.807) is 24.3 Å². The zero-order valence-corrected chi connectivity index (χ0v) is 10.7. The van der Waals surface area contributed by atoms with E-state index in [1.807, 2.05) is 6.07 Å². The van der Waals surface area contributed by atoms with Crippen LogP contribution in [0.15, 0.2) is 35.3 Å². The van der Waals surface area contributed by atoms with Gasteiger partial charge in [0.15, 0.2) is 0 Å². The smallest absolute Gasteiger partial charge is 0.256 e. The van der Waals surface area contributed by atoms with Crippen molar-refractivity contribution < 1.29 is 0 Å². The van der Waals surface area contributed by atoms with Gasteiger partial charge in [-0.1, -0.05) is 23.2 Å². The maximum atomic E-state index is 11.9. The third kappa shape index (κ3) is 2.40. The summed E-state index contributed by atoms with van der Waals surface area (Å²) in [5.74, 6) is 0. The number of H-pyrrole nitrogens is 1. The molecule has 1 heterocycles. The van der Waals surface area contributed by atoms with Crippen LogP contribution in [0.1, 0.15) is 5.56 Å². The topological polar surface area (TPSA) is 56.6 Å². The van der Waals surface area contributed by atoms with Gasteiger partial charge in [0.05, 0.1) is 18.1 Å². The summed E-state index contributed by atoms with van der Waals surface area (Å²) in [4.78, 5) is 14.5. The molecule has 1 aromatic carbocycles. The van der Waals surface area contributed by atoms with Gasteiger partial charge in [-0.25, -0.2) is 0 Å². The minimum Gasteiger partial charge on any atom is -0.329 e. The fourth-order valence-electron chi connectivity index (χ4n) is 1.74. The molecule has 0 atom stereocenters. The molecule has 0 radical (unpaired) electrons. The average Bonchev–Trinajstić information content (AvgIpc) is 2.34. The van der Waals surface area contributed by atoms with Gasteiger partial charge >= 0.3 is 0 Å². The Balaban J connectivity index is 2.74. The Bertz CT molecular complexity index is 686. The minimum atomic E-state index is -0.285. The number of benzene rings is 1. The van der Waals surface area contributed by atoms with Gasteiger partial charge in [0, 0.05) is 21.8 Å². The summed E-state index contributed by atoms with van der Waals surface area (Å²) in [6.45, 7) is 0. The number of nitrogens with zero attached hydrogens (tertiary/aromatic N) is 1. The van der Waals surface area contributed by atoms with Crippen LogP contribution in [0.3, 0.4) is 0 Å². The number of hydrogen-bond donors (Lipinski definition) is 1. The van der Waals surface area contributed by atoms with Crippen molar-refractivity contribution >= 4 is 23.2 Å². The Kier molecular flexibility index (Phi) is 3.71. The van der Waals surface area contributed by atoms with Crippen LogP contribution in [0.25, 0.3) is 11.1 Å². The van der Waals surface area contributed by atoms with E-state index < -0.39 is 0 Å². The first-order chi connectivity index (χ1) is 8.63. The molecule has 18 heavy (non-hydrogen) atoms. The highest BCUT2D eigenvalue weighted by atomic mass is 35.5. The number of rotatable bonds is 2. The number of aromatic amines is 1. The van der Waals surface area contributed by atoms with E-state index in [0.717, 1.165) is 0 Å². The van der Waals surface area contributed by atoms with Crippen molar-refractivity contribution in [2.75, 3.05) is 0 Å². The van der Waals surface area contributed by atoms with E-state index in [0.29, 0.717) is 26.7 Å². The molecule has 5 heteroatoms. The molecule has 3 nitrogen and oxygen atoms in total. The van der Waals surface area contributed by atoms with Crippen molar-refractivity contribution in [2.45, 2.75) is 6.42 Å². The van der Waals surface area contributed by atoms with Crippen LogP contribution in [0, 0.1) is 11.3 Å². The third-order valence-corrected chi connectivity index (χ3v) is 3.08. The second kappa shape index (κ2) is 5.26. The Morgan fingerprint density at radius 2 is 2.06 bits per heavy atom. The molecule has 0 saturated carbocycles. The number of aromatic nitrogens is 1. The first kappa shape index (κ1) is 12.7. The highest BCUT2D eigenvalue weighted by Gasteiger charge is 2.13. The third-order valence-electron chi connectivity index (χ3n) is 2.51. The van der Waals surface area contributed by atoms with Crippen LogP contribution in [0.5, 0.6) is 0 Å². The molecule has 2 rings (SSSR count). The van der Waals surface area contributed by atoms with Crippen LogP contribution < -0.4 is 5.56 Å². The lowest BCUT2D eigenvalue weighted by Crippen LogP contribution is -2.11. The maximum Gasteiger partial charge on any atom is 0.256 e. The van der Waals surface area contributed by atoms with Crippen molar-refractivity contribution in [2.24, 2.45) is 0 Å². The molecule has 0 aliphatic heterocycles. The molecule has 0 fully saturated rings. The summed E-state index contributed by atoms with van der Waals surface area (Å²) >= 11 is 12.0. The number of hydrogen-bond acceptors (Lipinski definition) is 2. The van der Waals surface area contributed by atoms with E-state index in [4.69, 9.17) is 28.5 Å². The van der Waals surface area contributed by atoms with E-state index in [-0.39, 0.29) is 12.0 Å². The van der Waals surface area contributed by atoms with Gasteiger partial charge in [0.1, 0.15) is 0 Å². The minimum absolute atomic E-state index is 0.141. The van der Waals surface area contributed by atoms with E-state index >= 15 is 0 Å². The first-order valence-electron chi connectivity index (χ1n) is 5.16. The van der Waals surface area contributed by atoms with Crippen molar-refractivity contribution in [3.8, 4) is 17.2 Å². The second-order valence-electron chi connectivity index (χ2n) is 3.67. The predicted octanol–water partition coefficient (Wildman–Crippen LogP) is 3.41. The van der Waals surface area contributed by atoms with E-state index in [2.05, 4.69) is 4.98 Å². The summed E-state index contributed by atoms with van der Waals surface area (Å²) in [6.07, 6.45) is 1.65. The molecular weight excluding hydrogens is 271 g/mol. The Morgan fingerprint density at radius 3 is 2.78 bits per heavy atom. The lowest BCUT2D eigenvalue weighted by Gasteiger charge is -2.08. The highest BCUT2D eigenvalue weighted by Crippen LogP contribution is 2.30. The molecule has 0 saturated heterocycles. The summed E-state index contributed by atoms with van der Waals surface area (Å²) in [7, 11) is 0. The summed E-state index contributed by atoms with van der Waals surface area (Å²) in [5, 5.41) is 9.70. The van der Waals surface area contributed by atoms with Crippen LogP contribution in [0.2, 0.25) is 10.0 Å². The summed E-state index contributed by atoms with van der Waals surface area (Å²) < 4.78 is 0. The Morgan fingerprint density at radius 1 is 1.28 bits per heavy atom.